The van der Waals surface area contributed by atoms with Gasteiger partial charge >= 0.3 is 31.9 Å². The normalized spacial score (nSPS) is 21.4. The SMILES string of the molecule is CC(C)(C)OC(=O)O[C@H]1[C@H](F)[C@H](n2ccc(N(C(=O)OC(C)(C)C)C(=O)OC(C)(C)C)nc2=O)S[C@@H]1COP(=O)(O)O. The molecule has 15 nitrogen and oxygen atoms in total. The van der Waals surface area contributed by atoms with E-state index in [4.69, 9.17) is 28.7 Å². The molecule has 18 heteroatoms. The first-order chi connectivity index (χ1) is 18.9. The number of carbonyl (C=O) groups is 3. The average Bonchev–Trinajstić information content (AvgIpc) is 3.03. The van der Waals surface area contributed by atoms with Crippen LogP contribution in [-0.2, 0) is 28.0 Å². The van der Waals surface area contributed by atoms with E-state index in [-0.39, 0.29) is 0 Å². The second kappa shape index (κ2) is 12.9. The van der Waals surface area contributed by atoms with Crippen LogP contribution < -0.4 is 10.6 Å². The molecule has 2 rings (SSSR count). The summed E-state index contributed by atoms with van der Waals surface area (Å²) >= 11 is 0.687. The van der Waals surface area contributed by atoms with Crippen LogP contribution >= 0.6 is 19.6 Å². The summed E-state index contributed by atoms with van der Waals surface area (Å²) in [6, 6.07) is 1.08. The Morgan fingerprint density at radius 1 is 1.00 bits per heavy atom. The number of anilines is 1. The maximum atomic E-state index is 15.7. The van der Waals surface area contributed by atoms with E-state index in [1.807, 2.05) is 0 Å². The van der Waals surface area contributed by atoms with Gasteiger partial charge in [-0.25, -0.2) is 28.1 Å². The van der Waals surface area contributed by atoms with Crippen LogP contribution in [0.5, 0.6) is 0 Å². The first kappa shape index (κ1) is 35.5. The minimum Gasteiger partial charge on any atom is -0.443 e. The van der Waals surface area contributed by atoms with Crippen molar-refractivity contribution in [2.45, 2.75) is 102 Å². The molecule has 0 unspecified atom stereocenters. The van der Waals surface area contributed by atoms with Crippen molar-refractivity contribution in [3.63, 3.8) is 0 Å². The maximum Gasteiger partial charge on any atom is 0.509 e. The predicted octanol–water partition coefficient (Wildman–Crippen LogP) is 4.30. The molecule has 0 saturated carbocycles. The van der Waals surface area contributed by atoms with Crippen LogP contribution in [0.25, 0.3) is 0 Å². The minimum absolute atomic E-state index is 0.419. The van der Waals surface area contributed by atoms with Crippen LogP contribution in [0, 0.1) is 0 Å². The van der Waals surface area contributed by atoms with Crippen molar-refractivity contribution in [3.05, 3.63) is 22.7 Å². The fraction of sp³-hybridized carbons (Fsp3) is 0.708. The van der Waals surface area contributed by atoms with E-state index < -0.39 is 84.0 Å². The second-order valence-electron chi connectivity index (χ2n) is 12.1. The van der Waals surface area contributed by atoms with Gasteiger partial charge in [0.1, 0.15) is 22.2 Å². The molecule has 4 atom stereocenters. The number of hydrogen-bond acceptors (Lipinski definition) is 12. The number of halogens is 1. The molecule has 2 heterocycles. The first-order valence-electron chi connectivity index (χ1n) is 12.6. The van der Waals surface area contributed by atoms with Crippen LogP contribution in [0.3, 0.4) is 0 Å². The van der Waals surface area contributed by atoms with Crippen LogP contribution in [0.1, 0.15) is 67.7 Å². The molecule has 1 aliphatic rings. The third kappa shape index (κ3) is 10.8. The summed E-state index contributed by atoms with van der Waals surface area (Å²) < 4.78 is 53.0. The largest absolute Gasteiger partial charge is 0.509 e. The number of thioether (sulfide) groups is 1. The fourth-order valence-corrected chi connectivity index (χ4v) is 5.26. The molecule has 1 aromatic rings. The van der Waals surface area contributed by atoms with Gasteiger partial charge in [-0.2, -0.15) is 9.88 Å². The van der Waals surface area contributed by atoms with Gasteiger partial charge in [-0.05, 0) is 68.4 Å². The molecule has 1 fully saturated rings. The summed E-state index contributed by atoms with van der Waals surface area (Å²) in [5.41, 5.74) is -4.16. The van der Waals surface area contributed by atoms with Crippen molar-refractivity contribution in [3.8, 4) is 0 Å². The van der Waals surface area contributed by atoms with Crippen molar-refractivity contribution in [1.29, 1.82) is 0 Å². The first-order valence-corrected chi connectivity index (χ1v) is 15.1. The van der Waals surface area contributed by atoms with E-state index in [0.717, 1.165) is 16.8 Å². The van der Waals surface area contributed by atoms with Gasteiger partial charge in [0.15, 0.2) is 18.1 Å². The van der Waals surface area contributed by atoms with Gasteiger partial charge in [0.2, 0.25) is 0 Å². The Morgan fingerprint density at radius 2 is 1.50 bits per heavy atom. The number of aromatic nitrogens is 2. The smallest absolute Gasteiger partial charge is 0.443 e. The topological polar surface area (TPSA) is 193 Å². The lowest BCUT2D eigenvalue weighted by Gasteiger charge is -2.28. The molecular formula is C24H37FN3O12PS. The van der Waals surface area contributed by atoms with Crippen molar-refractivity contribution in [1.82, 2.24) is 9.55 Å². The Bertz CT molecular complexity index is 1240. The predicted molar refractivity (Wildman–Crippen MR) is 148 cm³/mol. The molecule has 0 bridgehead atoms. The highest BCUT2D eigenvalue weighted by molar-refractivity contribution is 8.00. The highest BCUT2D eigenvalue weighted by atomic mass is 32.2. The summed E-state index contributed by atoms with van der Waals surface area (Å²) in [5.74, 6) is -0.471. The summed E-state index contributed by atoms with van der Waals surface area (Å²) in [7, 11) is -4.98. The number of carbonyl (C=O) groups excluding carboxylic acids is 3. The summed E-state index contributed by atoms with van der Waals surface area (Å²) in [6.45, 7) is 13.3. The quantitative estimate of drug-likeness (QED) is 0.254. The molecule has 0 spiro atoms. The standard InChI is InChI=1S/C24H37FN3O12PS/c1-22(2,3)38-19(30)28(20(31)39-23(4,5)6)14-10-11-27(18(29)26-14)17-15(25)16(37-21(32)40-24(7,8)9)13(42-17)12-36-41(33,34)35/h10-11,13,15-17H,12H2,1-9H3,(H2,33,34,35)/t13-,15+,16-,17-/m1/s1. The van der Waals surface area contributed by atoms with Crippen molar-refractivity contribution < 1.29 is 56.6 Å². The summed E-state index contributed by atoms with van der Waals surface area (Å²) in [4.78, 5) is 73.5. The van der Waals surface area contributed by atoms with Gasteiger partial charge in [-0.1, -0.05) is 0 Å². The lowest BCUT2D eigenvalue weighted by Crippen LogP contribution is -2.45. The summed E-state index contributed by atoms with van der Waals surface area (Å²) in [5, 5.41) is -2.61. The Hall–Kier alpha value is -2.72. The molecule has 238 valence electrons. The Balaban J connectivity index is 2.44. The second-order valence-corrected chi connectivity index (χ2v) is 14.7. The minimum atomic E-state index is -4.98. The number of alkyl halides is 1. The third-order valence-corrected chi connectivity index (χ3v) is 6.77. The lowest BCUT2D eigenvalue weighted by atomic mass is 10.1. The number of phosphoric acid groups is 1. The number of hydrogen-bond donors (Lipinski definition) is 2. The molecule has 2 amide bonds. The zero-order valence-corrected chi connectivity index (χ0v) is 26.4. The molecular weight excluding hydrogens is 604 g/mol. The molecule has 42 heavy (non-hydrogen) atoms. The van der Waals surface area contributed by atoms with Crippen LogP contribution in [0.15, 0.2) is 17.1 Å². The van der Waals surface area contributed by atoms with Crippen LogP contribution in [0.2, 0.25) is 0 Å². The monoisotopic (exact) mass is 641 g/mol. The van der Waals surface area contributed by atoms with E-state index in [1.165, 1.54) is 0 Å². The number of amides is 2. The molecule has 1 aliphatic heterocycles. The van der Waals surface area contributed by atoms with Crippen LogP contribution in [-0.4, -0.2) is 78.6 Å². The molecule has 0 aliphatic carbocycles. The van der Waals surface area contributed by atoms with Crippen molar-refractivity contribution >= 4 is 43.7 Å². The van der Waals surface area contributed by atoms with Gasteiger partial charge in [-0.3, -0.25) is 9.09 Å². The molecule has 0 radical (unpaired) electrons. The van der Waals surface area contributed by atoms with E-state index in [0.29, 0.717) is 16.7 Å². The fourth-order valence-electron chi connectivity index (χ4n) is 3.35. The molecule has 1 aromatic heterocycles. The number of phosphoric ester groups is 1. The van der Waals surface area contributed by atoms with E-state index in [9.17, 15) is 23.7 Å². The van der Waals surface area contributed by atoms with Gasteiger partial charge in [0.05, 0.1) is 11.9 Å². The highest BCUT2D eigenvalue weighted by Crippen LogP contribution is 2.47. The highest BCUT2D eigenvalue weighted by Gasteiger charge is 2.50. The van der Waals surface area contributed by atoms with Gasteiger partial charge in [0.25, 0.3) is 0 Å². The third-order valence-electron chi connectivity index (χ3n) is 4.77. The van der Waals surface area contributed by atoms with E-state index in [2.05, 4.69) is 9.51 Å². The van der Waals surface area contributed by atoms with Crippen LogP contribution in [0.4, 0.5) is 24.6 Å². The average molecular weight is 642 g/mol. The van der Waals surface area contributed by atoms with Gasteiger partial charge in [0, 0.05) is 6.20 Å². The number of imide groups is 1. The number of ether oxygens (including phenoxy) is 4. The zero-order chi connectivity index (χ0) is 32.4. The number of rotatable bonds is 6. The van der Waals surface area contributed by atoms with Gasteiger partial charge in [-0.15, -0.1) is 11.8 Å². The Labute approximate surface area is 246 Å². The Kier molecular flexibility index (Phi) is 10.9. The number of nitrogens with zero attached hydrogens (tertiary/aromatic N) is 3. The van der Waals surface area contributed by atoms with E-state index >= 15 is 4.39 Å². The van der Waals surface area contributed by atoms with Crippen molar-refractivity contribution in [2.75, 3.05) is 11.5 Å². The Morgan fingerprint density at radius 3 is 1.93 bits per heavy atom. The molecule has 2 N–H and O–H groups in total. The van der Waals surface area contributed by atoms with Gasteiger partial charge < -0.3 is 28.7 Å². The van der Waals surface area contributed by atoms with E-state index in [1.54, 1.807) is 62.3 Å². The summed E-state index contributed by atoms with van der Waals surface area (Å²) in [6.07, 6.45) is -6.31. The zero-order valence-electron chi connectivity index (χ0n) is 24.7. The lowest BCUT2D eigenvalue weighted by molar-refractivity contribution is -0.0458. The maximum absolute atomic E-state index is 15.7. The molecule has 0 aromatic carbocycles. The van der Waals surface area contributed by atoms with Crippen molar-refractivity contribution in [2.24, 2.45) is 0 Å². The molecule has 1 saturated heterocycles.